The van der Waals surface area contributed by atoms with Crippen molar-refractivity contribution in [2.24, 2.45) is 17.6 Å². The highest BCUT2D eigenvalue weighted by Crippen LogP contribution is 2.29. The van der Waals surface area contributed by atoms with Crippen molar-refractivity contribution in [1.29, 1.82) is 0 Å². The Balaban J connectivity index is 2.46. The lowest BCUT2D eigenvalue weighted by atomic mass is 9.77. The van der Waals surface area contributed by atoms with Crippen LogP contribution in [0, 0.1) is 11.8 Å². The molecule has 1 rings (SSSR count). The van der Waals surface area contributed by atoms with Crippen molar-refractivity contribution < 1.29 is 9.90 Å². The van der Waals surface area contributed by atoms with E-state index in [4.69, 9.17) is 10.8 Å². The Labute approximate surface area is 72.9 Å². The van der Waals surface area contributed by atoms with E-state index in [1.165, 1.54) is 0 Å². The van der Waals surface area contributed by atoms with Crippen LogP contribution in [0.5, 0.6) is 0 Å². The van der Waals surface area contributed by atoms with Gasteiger partial charge in [0.1, 0.15) is 0 Å². The lowest BCUT2D eigenvalue weighted by Gasteiger charge is -2.31. The maximum atomic E-state index is 10.6. The Bertz CT molecular complexity index is 170. The van der Waals surface area contributed by atoms with E-state index < -0.39 is 5.97 Å². The first-order chi connectivity index (χ1) is 5.65. The van der Waals surface area contributed by atoms with E-state index in [1.807, 2.05) is 0 Å². The number of hydrogen-bond donors (Lipinski definition) is 2. The lowest BCUT2D eigenvalue weighted by molar-refractivity contribution is -0.143. The molecule has 0 aromatic heterocycles. The van der Waals surface area contributed by atoms with Gasteiger partial charge in [0.25, 0.3) is 0 Å². The maximum absolute atomic E-state index is 10.6. The number of aliphatic carboxylic acids is 1. The lowest BCUT2D eigenvalue weighted by Crippen LogP contribution is -2.38. The molecule has 3 N–H and O–H groups in total. The average Bonchev–Trinajstić information content (AvgIpc) is 2.04. The summed E-state index contributed by atoms with van der Waals surface area (Å²) in [6.45, 7) is 2.12. The standard InChI is InChI=1S/C9H17NO2/c1-2-6-3-4-7(9(11)12)5-8(6)10/h6-8H,2-5,10H2,1H3,(H,11,12)/t6-,7+,8+/m0/s1. The average molecular weight is 171 g/mol. The third-order valence-electron chi connectivity index (χ3n) is 2.92. The first-order valence-corrected chi connectivity index (χ1v) is 4.63. The van der Waals surface area contributed by atoms with Gasteiger partial charge in [-0.05, 0) is 25.2 Å². The zero-order valence-electron chi connectivity index (χ0n) is 7.49. The molecule has 3 nitrogen and oxygen atoms in total. The van der Waals surface area contributed by atoms with Crippen molar-refractivity contribution in [3.63, 3.8) is 0 Å². The molecule has 0 heterocycles. The molecular weight excluding hydrogens is 154 g/mol. The molecule has 0 aromatic rings. The summed E-state index contributed by atoms with van der Waals surface area (Å²) in [5, 5.41) is 8.76. The van der Waals surface area contributed by atoms with Gasteiger partial charge < -0.3 is 10.8 Å². The van der Waals surface area contributed by atoms with Crippen LogP contribution in [0.4, 0.5) is 0 Å². The van der Waals surface area contributed by atoms with Crippen LogP contribution < -0.4 is 5.73 Å². The van der Waals surface area contributed by atoms with E-state index in [0.29, 0.717) is 12.3 Å². The molecular formula is C9H17NO2. The Morgan fingerprint density at radius 1 is 1.58 bits per heavy atom. The van der Waals surface area contributed by atoms with Crippen LogP contribution in [0.2, 0.25) is 0 Å². The van der Waals surface area contributed by atoms with E-state index >= 15 is 0 Å². The summed E-state index contributed by atoms with van der Waals surface area (Å²) >= 11 is 0. The summed E-state index contributed by atoms with van der Waals surface area (Å²) in [6.07, 6.45) is 3.53. The van der Waals surface area contributed by atoms with Crippen LogP contribution >= 0.6 is 0 Å². The molecule has 1 saturated carbocycles. The van der Waals surface area contributed by atoms with E-state index in [9.17, 15) is 4.79 Å². The zero-order valence-corrected chi connectivity index (χ0v) is 7.49. The van der Waals surface area contributed by atoms with Crippen LogP contribution in [0.25, 0.3) is 0 Å². The minimum Gasteiger partial charge on any atom is -0.481 e. The number of carboxylic acid groups (broad SMARTS) is 1. The first-order valence-electron chi connectivity index (χ1n) is 4.63. The summed E-state index contributed by atoms with van der Waals surface area (Å²) < 4.78 is 0. The van der Waals surface area contributed by atoms with Gasteiger partial charge in [-0.3, -0.25) is 4.79 Å². The summed E-state index contributed by atoms with van der Waals surface area (Å²) in [7, 11) is 0. The predicted molar refractivity (Wildman–Crippen MR) is 46.7 cm³/mol. The fourth-order valence-electron chi connectivity index (χ4n) is 2.00. The third kappa shape index (κ3) is 1.97. The minimum absolute atomic E-state index is 0.102. The monoisotopic (exact) mass is 171 g/mol. The Kier molecular flexibility index (Phi) is 3.09. The molecule has 0 amide bonds. The summed E-state index contributed by atoms with van der Waals surface area (Å²) in [4.78, 5) is 10.6. The van der Waals surface area contributed by atoms with Gasteiger partial charge >= 0.3 is 5.97 Å². The third-order valence-corrected chi connectivity index (χ3v) is 2.92. The highest BCUT2D eigenvalue weighted by molar-refractivity contribution is 5.70. The van der Waals surface area contributed by atoms with Gasteiger partial charge in [-0.1, -0.05) is 13.3 Å². The molecule has 70 valence electrons. The predicted octanol–water partition coefficient (Wildman–Crippen LogP) is 1.22. The van der Waals surface area contributed by atoms with Gasteiger partial charge in [-0.25, -0.2) is 0 Å². The van der Waals surface area contributed by atoms with E-state index in [1.54, 1.807) is 0 Å². The first kappa shape index (κ1) is 9.52. The summed E-state index contributed by atoms with van der Waals surface area (Å²) in [5.74, 6) is -0.330. The Morgan fingerprint density at radius 2 is 2.25 bits per heavy atom. The number of hydrogen-bond acceptors (Lipinski definition) is 2. The molecule has 3 heteroatoms. The molecule has 0 aliphatic heterocycles. The molecule has 0 unspecified atom stereocenters. The molecule has 12 heavy (non-hydrogen) atoms. The number of carbonyl (C=O) groups is 1. The van der Waals surface area contributed by atoms with Gasteiger partial charge in [0.15, 0.2) is 0 Å². The van der Waals surface area contributed by atoms with Gasteiger partial charge in [0.2, 0.25) is 0 Å². The summed E-state index contributed by atoms with van der Waals surface area (Å²) in [6, 6.07) is 0.102. The van der Waals surface area contributed by atoms with Crippen molar-refractivity contribution in [2.45, 2.75) is 38.6 Å². The molecule has 0 radical (unpaired) electrons. The van der Waals surface area contributed by atoms with Crippen molar-refractivity contribution in [2.75, 3.05) is 0 Å². The Hall–Kier alpha value is -0.570. The highest BCUT2D eigenvalue weighted by atomic mass is 16.4. The maximum Gasteiger partial charge on any atom is 0.306 e. The number of carboxylic acids is 1. The van der Waals surface area contributed by atoms with Gasteiger partial charge in [0.05, 0.1) is 5.92 Å². The van der Waals surface area contributed by atoms with E-state index in [2.05, 4.69) is 6.92 Å². The topological polar surface area (TPSA) is 63.3 Å². The Morgan fingerprint density at radius 3 is 2.67 bits per heavy atom. The van der Waals surface area contributed by atoms with Crippen LogP contribution in [0.1, 0.15) is 32.6 Å². The molecule has 1 aliphatic carbocycles. The second-order valence-electron chi connectivity index (χ2n) is 3.68. The second-order valence-corrected chi connectivity index (χ2v) is 3.68. The smallest absolute Gasteiger partial charge is 0.306 e. The van der Waals surface area contributed by atoms with E-state index in [-0.39, 0.29) is 12.0 Å². The quantitative estimate of drug-likeness (QED) is 0.656. The number of rotatable bonds is 2. The van der Waals surface area contributed by atoms with Gasteiger partial charge in [-0.2, -0.15) is 0 Å². The molecule has 0 saturated heterocycles. The van der Waals surface area contributed by atoms with Crippen LogP contribution in [0.15, 0.2) is 0 Å². The van der Waals surface area contributed by atoms with E-state index in [0.717, 1.165) is 19.3 Å². The molecule has 0 bridgehead atoms. The minimum atomic E-state index is -0.681. The molecule has 1 fully saturated rings. The van der Waals surface area contributed by atoms with Crippen LogP contribution in [-0.4, -0.2) is 17.1 Å². The van der Waals surface area contributed by atoms with Crippen molar-refractivity contribution in [1.82, 2.24) is 0 Å². The van der Waals surface area contributed by atoms with Crippen molar-refractivity contribution in [3.8, 4) is 0 Å². The highest BCUT2D eigenvalue weighted by Gasteiger charge is 2.30. The fourth-order valence-corrected chi connectivity index (χ4v) is 2.00. The van der Waals surface area contributed by atoms with Crippen LogP contribution in [0.3, 0.4) is 0 Å². The van der Waals surface area contributed by atoms with Gasteiger partial charge in [-0.15, -0.1) is 0 Å². The van der Waals surface area contributed by atoms with Crippen LogP contribution in [-0.2, 0) is 4.79 Å². The molecule has 0 spiro atoms. The molecule has 3 atom stereocenters. The molecule has 1 aliphatic rings. The largest absolute Gasteiger partial charge is 0.481 e. The fraction of sp³-hybridized carbons (Fsp3) is 0.889. The van der Waals surface area contributed by atoms with Gasteiger partial charge in [0, 0.05) is 6.04 Å². The SMILES string of the molecule is CC[C@H]1CC[C@@H](C(=O)O)C[C@H]1N. The normalized spacial score (nSPS) is 36.3. The molecule has 0 aromatic carbocycles. The second kappa shape index (κ2) is 3.90. The summed E-state index contributed by atoms with van der Waals surface area (Å²) in [5.41, 5.74) is 5.85. The number of nitrogens with two attached hydrogens (primary N) is 1. The zero-order chi connectivity index (χ0) is 9.14. The van der Waals surface area contributed by atoms with Crippen molar-refractivity contribution >= 4 is 5.97 Å². The van der Waals surface area contributed by atoms with Crippen molar-refractivity contribution in [3.05, 3.63) is 0 Å².